The third-order valence-electron chi connectivity index (χ3n) is 7.72. The van der Waals surface area contributed by atoms with Crippen LogP contribution in [0.15, 0.2) is 22.5 Å². The second-order valence-corrected chi connectivity index (χ2v) is 11.7. The van der Waals surface area contributed by atoms with Crippen LogP contribution in [0, 0.1) is 0 Å². The Bertz CT molecular complexity index is 908. The van der Waals surface area contributed by atoms with Crippen molar-refractivity contribution in [3.05, 3.63) is 22.5 Å². The number of ether oxygens (including phenoxy) is 2. The van der Waals surface area contributed by atoms with Gasteiger partial charge < -0.3 is 20.1 Å². The minimum Gasteiger partial charge on any atom is -0.466 e. The van der Waals surface area contributed by atoms with E-state index in [1.807, 2.05) is 13.8 Å². The third kappa shape index (κ3) is 16.7. The normalized spacial score (nSPS) is 13.5. The number of Topliss-reactive ketones (excluding diaryl/α,β-unsaturated/α-hetero) is 2. The summed E-state index contributed by atoms with van der Waals surface area (Å²) in [6.45, 7) is 9.56. The molecule has 0 heterocycles. The topological polar surface area (TPSA) is 111 Å². The lowest BCUT2D eigenvalue weighted by Crippen LogP contribution is -2.36. The molecule has 0 spiro atoms. The van der Waals surface area contributed by atoms with Gasteiger partial charge in [-0.25, -0.2) is 0 Å². The highest BCUT2D eigenvalue weighted by Crippen LogP contribution is 2.26. The van der Waals surface area contributed by atoms with E-state index in [0.717, 1.165) is 38.5 Å². The number of ketones is 2. The lowest BCUT2D eigenvalue weighted by molar-refractivity contribution is -0.144. The minimum atomic E-state index is -0.252. The molecule has 2 N–H and O–H groups in total. The van der Waals surface area contributed by atoms with Crippen molar-refractivity contribution in [3.63, 3.8) is 0 Å². The van der Waals surface area contributed by atoms with Crippen molar-refractivity contribution >= 4 is 23.5 Å². The van der Waals surface area contributed by atoms with Crippen LogP contribution in [0.25, 0.3) is 0 Å². The molecule has 1 rings (SSSR count). The zero-order valence-electron chi connectivity index (χ0n) is 27.7. The van der Waals surface area contributed by atoms with E-state index in [1.54, 1.807) is 6.92 Å². The van der Waals surface area contributed by atoms with Gasteiger partial charge in [0.1, 0.15) is 0 Å². The van der Waals surface area contributed by atoms with Gasteiger partial charge in [-0.3, -0.25) is 19.2 Å². The molecule has 0 aromatic rings. The Hall–Kier alpha value is -2.64. The van der Waals surface area contributed by atoms with Gasteiger partial charge in [0.2, 0.25) is 11.6 Å². The molecule has 43 heavy (non-hydrogen) atoms. The van der Waals surface area contributed by atoms with Gasteiger partial charge >= 0.3 is 11.9 Å². The van der Waals surface area contributed by atoms with Gasteiger partial charge in [-0.1, -0.05) is 91.4 Å². The van der Waals surface area contributed by atoms with Gasteiger partial charge in [0, 0.05) is 37.1 Å². The molecule has 8 nitrogen and oxygen atoms in total. The summed E-state index contributed by atoms with van der Waals surface area (Å²) >= 11 is 0. The van der Waals surface area contributed by atoms with E-state index in [-0.39, 0.29) is 36.3 Å². The average molecular weight is 605 g/mol. The molecule has 246 valence electrons. The highest BCUT2D eigenvalue weighted by Gasteiger charge is 2.32. The number of carbonyl (C=O) groups is 4. The molecule has 0 fully saturated rings. The molecule has 0 saturated carbocycles. The van der Waals surface area contributed by atoms with E-state index in [1.165, 1.54) is 51.4 Å². The van der Waals surface area contributed by atoms with Crippen molar-refractivity contribution in [2.24, 2.45) is 0 Å². The molecular formula is C35H60N2O6. The van der Waals surface area contributed by atoms with Crippen LogP contribution in [0.1, 0.15) is 150 Å². The summed E-state index contributed by atoms with van der Waals surface area (Å²) in [6.07, 6.45) is 18.0. The molecule has 0 saturated heterocycles. The van der Waals surface area contributed by atoms with Crippen LogP contribution >= 0.6 is 0 Å². The number of rotatable bonds is 27. The van der Waals surface area contributed by atoms with Gasteiger partial charge in [0.25, 0.3) is 0 Å². The molecule has 0 radical (unpaired) electrons. The number of hydrogen-bond acceptors (Lipinski definition) is 8. The fraction of sp³-hybridized carbons (Fsp3) is 0.771. The Morgan fingerprint density at radius 2 is 1.05 bits per heavy atom. The fourth-order valence-corrected chi connectivity index (χ4v) is 5.06. The third-order valence-corrected chi connectivity index (χ3v) is 7.72. The molecule has 0 aliphatic heterocycles. The molecule has 1 aliphatic carbocycles. The molecule has 0 aromatic heterocycles. The molecule has 0 atom stereocenters. The maximum Gasteiger partial charge on any atom is 0.305 e. The van der Waals surface area contributed by atoms with Crippen LogP contribution < -0.4 is 10.6 Å². The first kappa shape index (κ1) is 38.4. The van der Waals surface area contributed by atoms with Crippen molar-refractivity contribution in [1.29, 1.82) is 0 Å². The number of nitrogens with one attached hydrogen (secondary N) is 2. The Labute approximate surface area is 261 Å². The molecule has 0 unspecified atom stereocenters. The molecule has 1 aliphatic rings. The second kappa shape index (κ2) is 24.8. The predicted molar refractivity (Wildman–Crippen MR) is 172 cm³/mol. The quantitative estimate of drug-likeness (QED) is 0.0567. The summed E-state index contributed by atoms with van der Waals surface area (Å²) in [4.78, 5) is 50.8. The van der Waals surface area contributed by atoms with E-state index in [2.05, 4.69) is 17.6 Å². The zero-order chi connectivity index (χ0) is 31.7. The number of carbonyl (C=O) groups excluding carboxylic acids is 4. The van der Waals surface area contributed by atoms with E-state index >= 15 is 0 Å². The van der Waals surface area contributed by atoms with Gasteiger partial charge in [-0.15, -0.1) is 0 Å². The Balaban J connectivity index is 2.70. The largest absolute Gasteiger partial charge is 0.466 e. The summed E-state index contributed by atoms with van der Waals surface area (Å²) in [7, 11) is 0. The minimum absolute atomic E-state index is 0.154. The van der Waals surface area contributed by atoms with Gasteiger partial charge in [0.05, 0.1) is 24.6 Å². The van der Waals surface area contributed by atoms with Crippen LogP contribution in [0.5, 0.6) is 0 Å². The fourth-order valence-electron chi connectivity index (χ4n) is 5.06. The van der Waals surface area contributed by atoms with Gasteiger partial charge in [-0.2, -0.15) is 0 Å². The molecule has 0 amide bonds. The molecular weight excluding hydrogens is 544 g/mol. The maximum atomic E-state index is 13.6. The Morgan fingerprint density at radius 1 is 0.558 bits per heavy atom. The Kier molecular flexibility index (Phi) is 22.1. The van der Waals surface area contributed by atoms with E-state index < -0.39 is 0 Å². The first-order chi connectivity index (χ1) is 20.9. The zero-order valence-corrected chi connectivity index (χ0v) is 27.7. The highest BCUT2D eigenvalue weighted by molar-refractivity contribution is 6.24. The SMILES string of the molecule is CCCCCCCCCCCCCC1=C(NCCCC(=O)OCCCC)C(=O)C(C)=C(NCCCC(=O)OCCC)C1=O. The monoisotopic (exact) mass is 604 g/mol. The highest BCUT2D eigenvalue weighted by atomic mass is 16.5. The first-order valence-electron chi connectivity index (χ1n) is 17.2. The van der Waals surface area contributed by atoms with Gasteiger partial charge in [0.15, 0.2) is 0 Å². The lowest BCUT2D eigenvalue weighted by Gasteiger charge is -2.24. The van der Waals surface area contributed by atoms with Gasteiger partial charge in [-0.05, 0) is 45.4 Å². The van der Waals surface area contributed by atoms with Crippen LogP contribution in [-0.2, 0) is 28.7 Å². The van der Waals surface area contributed by atoms with Crippen LogP contribution in [0.2, 0.25) is 0 Å². The van der Waals surface area contributed by atoms with Crippen molar-refractivity contribution in [1.82, 2.24) is 10.6 Å². The number of unbranched alkanes of at least 4 members (excludes halogenated alkanes) is 11. The van der Waals surface area contributed by atoms with E-state index in [9.17, 15) is 19.2 Å². The summed E-state index contributed by atoms with van der Waals surface area (Å²) in [6, 6.07) is 0. The van der Waals surface area contributed by atoms with Crippen molar-refractivity contribution < 1.29 is 28.7 Å². The summed E-state index contributed by atoms with van der Waals surface area (Å²) < 4.78 is 10.3. The molecule has 0 aromatic carbocycles. The maximum absolute atomic E-state index is 13.6. The smallest absolute Gasteiger partial charge is 0.305 e. The van der Waals surface area contributed by atoms with Crippen LogP contribution in [0.4, 0.5) is 0 Å². The summed E-state index contributed by atoms with van der Waals surface area (Å²) in [5.41, 5.74) is 1.59. The number of esters is 2. The summed E-state index contributed by atoms with van der Waals surface area (Å²) in [5.74, 6) is -0.830. The van der Waals surface area contributed by atoms with Crippen molar-refractivity contribution in [2.45, 2.75) is 150 Å². The first-order valence-corrected chi connectivity index (χ1v) is 17.2. The van der Waals surface area contributed by atoms with E-state index in [0.29, 0.717) is 68.1 Å². The average Bonchev–Trinajstić information content (AvgIpc) is 3.00. The molecule has 8 heteroatoms. The lowest BCUT2D eigenvalue weighted by atomic mass is 9.88. The van der Waals surface area contributed by atoms with Crippen LogP contribution in [-0.4, -0.2) is 49.8 Å². The number of allylic oxidation sites excluding steroid dienone is 2. The molecule has 0 bridgehead atoms. The Morgan fingerprint density at radius 3 is 1.58 bits per heavy atom. The summed E-state index contributed by atoms with van der Waals surface area (Å²) in [5, 5.41) is 6.34. The van der Waals surface area contributed by atoms with E-state index in [4.69, 9.17) is 9.47 Å². The van der Waals surface area contributed by atoms with Crippen molar-refractivity contribution in [3.8, 4) is 0 Å². The van der Waals surface area contributed by atoms with Crippen LogP contribution in [0.3, 0.4) is 0 Å². The predicted octanol–water partition coefficient (Wildman–Crippen LogP) is 7.40. The van der Waals surface area contributed by atoms with Crippen molar-refractivity contribution in [2.75, 3.05) is 26.3 Å². The standard InChI is InChI=1S/C35H60N2O6/c1-5-8-10-11-12-13-14-15-16-17-18-21-29-33(37-25-20-23-31(39)43-27-9-6-2)34(40)28(4)32(35(29)41)36-24-19-22-30(38)42-26-7-3/h36-37H,5-27H2,1-4H3. The second-order valence-electron chi connectivity index (χ2n) is 11.7. The number of hydrogen-bond donors (Lipinski definition) is 2.